The van der Waals surface area contributed by atoms with Gasteiger partial charge in [-0.15, -0.1) is 11.6 Å². The van der Waals surface area contributed by atoms with Crippen molar-refractivity contribution in [3.05, 3.63) is 0 Å². The fourth-order valence-corrected chi connectivity index (χ4v) is 0.335. The van der Waals surface area contributed by atoms with Gasteiger partial charge in [-0.25, -0.2) is 0 Å². The molecule has 0 aromatic rings. The number of carbonyl (C=O) groups is 1. The van der Waals surface area contributed by atoms with Crippen LogP contribution in [0, 0.1) is 0 Å². The molecule has 0 bridgehead atoms. The van der Waals surface area contributed by atoms with Crippen molar-refractivity contribution in [2.75, 3.05) is 5.88 Å². The number of halogens is 1. The van der Waals surface area contributed by atoms with Gasteiger partial charge >= 0.3 is 0 Å². The summed E-state index contributed by atoms with van der Waals surface area (Å²) in [5.74, 6) is -0.431. The molecule has 1 atom stereocenters. The second-order valence-electron chi connectivity index (χ2n) is 1.28. The van der Waals surface area contributed by atoms with Crippen LogP contribution >= 0.6 is 11.6 Å². The van der Waals surface area contributed by atoms with Crippen LogP contribution in [-0.2, 0) is 4.79 Å². The highest BCUT2D eigenvalue weighted by Gasteiger charge is 2.04. The molecule has 42 valence electrons. The molecular formula is C4H7ClO2. The van der Waals surface area contributed by atoms with Crippen LogP contribution in [0.4, 0.5) is 0 Å². The van der Waals surface area contributed by atoms with E-state index in [0.29, 0.717) is 0 Å². The van der Waals surface area contributed by atoms with Crippen LogP contribution in [0.3, 0.4) is 0 Å². The summed E-state index contributed by atoms with van der Waals surface area (Å²) in [4.78, 5) is 10.1. The normalized spacial score (nSPS) is 13.6. The molecule has 0 spiro atoms. The highest BCUT2D eigenvalue weighted by Crippen LogP contribution is 1.84. The predicted molar refractivity (Wildman–Crippen MR) is 27.4 cm³/mol. The first-order valence-corrected chi connectivity index (χ1v) is 2.48. The lowest BCUT2D eigenvalue weighted by atomic mass is 10.3. The smallest absolute Gasteiger partial charge is 0.175 e. The molecule has 0 saturated carbocycles. The van der Waals surface area contributed by atoms with Crippen LogP contribution in [0.2, 0.25) is 0 Å². The Kier molecular flexibility index (Phi) is 2.96. The summed E-state index contributed by atoms with van der Waals surface area (Å²) in [5.41, 5.74) is 0. The van der Waals surface area contributed by atoms with Crippen molar-refractivity contribution in [2.24, 2.45) is 0 Å². The lowest BCUT2D eigenvalue weighted by Crippen LogP contribution is -2.16. The maximum atomic E-state index is 10.1. The first-order valence-electron chi connectivity index (χ1n) is 1.95. The predicted octanol–water partition coefficient (Wildman–Crippen LogP) is 0.175. The number of carbonyl (C=O) groups excluding carboxylic acids is 1. The number of aliphatic hydroxyl groups is 1. The number of aliphatic hydroxyl groups excluding tert-OH is 1. The van der Waals surface area contributed by atoms with E-state index in [4.69, 9.17) is 16.7 Å². The molecule has 0 amide bonds. The summed E-state index contributed by atoms with van der Waals surface area (Å²) >= 11 is 5.04. The van der Waals surface area contributed by atoms with Crippen LogP contribution in [-0.4, -0.2) is 22.9 Å². The van der Waals surface area contributed by atoms with Crippen LogP contribution in [0.5, 0.6) is 0 Å². The zero-order valence-corrected chi connectivity index (χ0v) is 4.77. The highest BCUT2D eigenvalue weighted by atomic mass is 35.5. The lowest BCUT2D eigenvalue weighted by Gasteiger charge is -1.94. The average molecular weight is 123 g/mol. The first kappa shape index (κ1) is 6.92. The molecule has 0 aliphatic heterocycles. The van der Waals surface area contributed by atoms with Gasteiger partial charge in [0.25, 0.3) is 0 Å². The Morgan fingerprint density at radius 1 is 2.00 bits per heavy atom. The zero-order valence-electron chi connectivity index (χ0n) is 4.02. The van der Waals surface area contributed by atoms with Gasteiger partial charge in [0.15, 0.2) is 5.78 Å². The Bertz CT molecular complexity index is 70.1. The summed E-state index contributed by atoms with van der Waals surface area (Å²) in [7, 11) is 0. The topological polar surface area (TPSA) is 37.3 Å². The van der Waals surface area contributed by atoms with Gasteiger partial charge in [0.2, 0.25) is 0 Å². The van der Waals surface area contributed by atoms with E-state index in [0.717, 1.165) is 0 Å². The van der Waals surface area contributed by atoms with Crippen LogP contribution in [0.1, 0.15) is 6.92 Å². The largest absolute Gasteiger partial charge is 0.386 e. The van der Waals surface area contributed by atoms with Gasteiger partial charge < -0.3 is 5.11 Å². The Hall–Kier alpha value is -0.0800. The highest BCUT2D eigenvalue weighted by molar-refractivity contribution is 6.28. The van der Waals surface area contributed by atoms with E-state index in [1.54, 1.807) is 0 Å². The van der Waals surface area contributed by atoms with E-state index in [-0.39, 0.29) is 11.7 Å². The minimum Gasteiger partial charge on any atom is -0.386 e. The number of rotatable bonds is 2. The third-order valence-electron chi connectivity index (χ3n) is 0.598. The molecule has 2 nitrogen and oxygen atoms in total. The lowest BCUT2D eigenvalue weighted by molar-refractivity contribution is -0.123. The van der Waals surface area contributed by atoms with Gasteiger partial charge in [0.05, 0.1) is 5.88 Å². The second kappa shape index (κ2) is 2.99. The summed E-state index contributed by atoms with van der Waals surface area (Å²) in [6.07, 6.45) is -0.905. The maximum Gasteiger partial charge on any atom is 0.175 e. The standard InChI is InChI=1S/C4H7ClO2/c1-3(6)4(7)2-5/h3,6H,2H2,1H3/t3-/m0/s1. The Balaban J connectivity index is 3.35. The molecule has 1 N–H and O–H groups in total. The van der Waals surface area contributed by atoms with Crippen molar-refractivity contribution < 1.29 is 9.90 Å². The monoisotopic (exact) mass is 122 g/mol. The summed E-state index contributed by atoms with van der Waals surface area (Å²) in [6.45, 7) is 1.39. The molecule has 3 heteroatoms. The van der Waals surface area contributed by atoms with Gasteiger partial charge in [0.1, 0.15) is 6.10 Å². The molecule has 0 fully saturated rings. The Morgan fingerprint density at radius 2 is 2.43 bits per heavy atom. The SMILES string of the molecule is C[C@H](O)C(=O)CCl. The van der Waals surface area contributed by atoms with Crippen molar-refractivity contribution in [3.63, 3.8) is 0 Å². The summed E-state index contributed by atoms with van der Waals surface area (Å²) in [6, 6.07) is 0. The molecule has 0 saturated heterocycles. The van der Waals surface area contributed by atoms with Crippen LogP contribution in [0.15, 0.2) is 0 Å². The molecular weight excluding hydrogens is 115 g/mol. The molecule has 0 aliphatic carbocycles. The third-order valence-corrected chi connectivity index (χ3v) is 0.861. The number of hydrogen-bond donors (Lipinski definition) is 1. The van der Waals surface area contributed by atoms with E-state index in [1.165, 1.54) is 6.92 Å². The van der Waals surface area contributed by atoms with E-state index >= 15 is 0 Å². The van der Waals surface area contributed by atoms with Crippen LogP contribution in [0.25, 0.3) is 0 Å². The molecule has 0 aliphatic rings. The van der Waals surface area contributed by atoms with Crippen LogP contribution < -0.4 is 0 Å². The number of Topliss-reactive ketones (excluding diaryl/α,β-unsaturated/α-hetero) is 1. The summed E-state index contributed by atoms with van der Waals surface area (Å²) in [5, 5.41) is 8.39. The average Bonchev–Trinajstić information content (AvgIpc) is 1.65. The molecule has 0 heterocycles. The minimum absolute atomic E-state index is 0.0995. The molecule has 0 unspecified atom stereocenters. The van der Waals surface area contributed by atoms with Crippen molar-refractivity contribution >= 4 is 17.4 Å². The zero-order chi connectivity index (χ0) is 5.86. The van der Waals surface area contributed by atoms with Crippen molar-refractivity contribution in [1.82, 2.24) is 0 Å². The Morgan fingerprint density at radius 3 is 2.43 bits per heavy atom. The van der Waals surface area contributed by atoms with Gasteiger partial charge in [-0.05, 0) is 6.92 Å². The van der Waals surface area contributed by atoms with Crippen molar-refractivity contribution in [2.45, 2.75) is 13.0 Å². The fraction of sp³-hybridized carbons (Fsp3) is 0.750. The van der Waals surface area contributed by atoms with Gasteiger partial charge in [-0.1, -0.05) is 0 Å². The minimum atomic E-state index is -0.905. The molecule has 0 aromatic heterocycles. The number of hydrogen-bond acceptors (Lipinski definition) is 2. The fourth-order valence-electron chi connectivity index (χ4n) is 0.112. The molecule has 0 radical (unpaired) electrons. The van der Waals surface area contributed by atoms with E-state index < -0.39 is 6.10 Å². The van der Waals surface area contributed by atoms with Crippen molar-refractivity contribution in [3.8, 4) is 0 Å². The van der Waals surface area contributed by atoms with Gasteiger partial charge in [0, 0.05) is 0 Å². The molecule has 0 aromatic carbocycles. The first-order chi connectivity index (χ1) is 3.18. The van der Waals surface area contributed by atoms with E-state index in [1.807, 2.05) is 0 Å². The summed E-state index contributed by atoms with van der Waals surface area (Å²) < 4.78 is 0. The number of ketones is 1. The molecule has 7 heavy (non-hydrogen) atoms. The Labute approximate surface area is 47.1 Å². The maximum absolute atomic E-state index is 10.1. The van der Waals surface area contributed by atoms with Gasteiger partial charge in [-0.2, -0.15) is 0 Å². The second-order valence-corrected chi connectivity index (χ2v) is 1.54. The van der Waals surface area contributed by atoms with Gasteiger partial charge in [-0.3, -0.25) is 4.79 Å². The quantitative estimate of drug-likeness (QED) is 0.531. The number of alkyl halides is 1. The van der Waals surface area contributed by atoms with Crippen molar-refractivity contribution in [1.29, 1.82) is 0 Å². The van der Waals surface area contributed by atoms with E-state index in [2.05, 4.69) is 0 Å². The third kappa shape index (κ3) is 2.60. The molecule has 0 rings (SSSR count). The van der Waals surface area contributed by atoms with E-state index in [9.17, 15) is 4.79 Å².